The molecule has 4 nitrogen and oxygen atoms in total. The summed E-state index contributed by atoms with van der Waals surface area (Å²) in [7, 11) is 0. The fourth-order valence-corrected chi connectivity index (χ4v) is 1.59. The number of pyridine rings is 1. The topological polar surface area (TPSA) is 48.4 Å². The summed E-state index contributed by atoms with van der Waals surface area (Å²) in [5.74, 6) is 0.749. The van der Waals surface area contributed by atoms with Crippen molar-refractivity contribution in [1.82, 2.24) is 4.98 Å². The number of hydrogen-bond donors (Lipinski definition) is 0. The Morgan fingerprint density at radius 1 is 1.62 bits per heavy atom. The summed E-state index contributed by atoms with van der Waals surface area (Å²) in [6, 6.07) is 3.49. The predicted molar refractivity (Wildman–Crippen MR) is 58.7 cm³/mol. The summed E-state index contributed by atoms with van der Waals surface area (Å²) in [6.45, 7) is 3.21. The van der Waals surface area contributed by atoms with E-state index in [1.54, 1.807) is 18.3 Å². The van der Waals surface area contributed by atoms with Crippen molar-refractivity contribution in [3.8, 4) is 5.75 Å². The normalized spacial score (nSPS) is 19.7. The zero-order valence-corrected chi connectivity index (χ0v) is 9.31. The first kappa shape index (κ1) is 11.1. The second-order valence-corrected chi connectivity index (χ2v) is 3.76. The molecular formula is C12H15NO3. The molecule has 1 aliphatic heterocycles. The van der Waals surface area contributed by atoms with Gasteiger partial charge in [-0.1, -0.05) is 6.92 Å². The molecule has 0 amide bonds. The molecule has 1 atom stereocenters. The lowest BCUT2D eigenvalue weighted by atomic mass is 10.2. The average molecular weight is 221 g/mol. The second kappa shape index (κ2) is 5.07. The summed E-state index contributed by atoms with van der Waals surface area (Å²) < 4.78 is 10.9. The molecule has 1 unspecified atom stereocenters. The van der Waals surface area contributed by atoms with E-state index < -0.39 is 0 Å². The first-order chi connectivity index (χ1) is 7.79. The molecule has 0 radical (unpaired) electrons. The number of ether oxygens (including phenoxy) is 2. The minimum Gasteiger partial charge on any atom is -0.486 e. The van der Waals surface area contributed by atoms with Gasteiger partial charge in [0.1, 0.15) is 17.5 Å². The van der Waals surface area contributed by atoms with E-state index in [-0.39, 0.29) is 11.9 Å². The van der Waals surface area contributed by atoms with E-state index in [2.05, 4.69) is 4.98 Å². The molecule has 0 saturated carbocycles. The van der Waals surface area contributed by atoms with E-state index in [0.717, 1.165) is 13.0 Å². The molecule has 1 aliphatic rings. The van der Waals surface area contributed by atoms with Gasteiger partial charge in [-0.2, -0.15) is 0 Å². The number of nitrogens with zero attached hydrogens (tertiary/aromatic N) is 1. The van der Waals surface area contributed by atoms with Gasteiger partial charge in [-0.25, -0.2) is 4.98 Å². The molecule has 0 N–H and O–H groups in total. The van der Waals surface area contributed by atoms with Crippen LogP contribution >= 0.6 is 0 Å². The minimum absolute atomic E-state index is 0.0516. The fraction of sp³-hybridized carbons (Fsp3) is 0.500. The van der Waals surface area contributed by atoms with Crippen molar-refractivity contribution in [3.05, 3.63) is 24.0 Å². The summed E-state index contributed by atoms with van der Waals surface area (Å²) >= 11 is 0. The first-order valence-corrected chi connectivity index (χ1v) is 5.53. The number of ketones is 1. The number of Topliss-reactive ketones (excluding diaryl/α,β-unsaturated/α-hetero) is 1. The molecule has 0 aliphatic carbocycles. The van der Waals surface area contributed by atoms with Gasteiger partial charge in [0, 0.05) is 12.8 Å². The van der Waals surface area contributed by atoms with Crippen LogP contribution < -0.4 is 4.74 Å². The van der Waals surface area contributed by atoms with E-state index in [4.69, 9.17) is 9.47 Å². The van der Waals surface area contributed by atoms with Crippen LogP contribution in [0.5, 0.6) is 5.75 Å². The van der Waals surface area contributed by atoms with Crippen LogP contribution in [0.3, 0.4) is 0 Å². The molecular weight excluding hydrogens is 206 g/mol. The number of carbonyl (C=O) groups excluding carboxylic acids is 1. The van der Waals surface area contributed by atoms with Crippen molar-refractivity contribution < 1.29 is 14.3 Å². The average Bonchev–Trinajstić information content (AvgIpc) is 2.82. The molecule has 1 aromatic heterocycles. The Balaban J connectivity index is 1.98. The SMILES string of the molecule is CCC(=O)c1ccc(OC2CCOC2)cn1. The smallest absolute Gasteiger partial charge is 0.180 e. The van der Waals surface area contributed by atoms with E-state index in [9.17, 15) is 4.79 Å². The van der Waals surface area contributed by atoms with Crippen LogP contribution in [0.15, 0.2) is 18.3 Å². The number of rotatable bonds is 4. The largest absolute Gasteiger partial charge is 0.486 e. The molecule has 86 valence electrons. The van der Waals surface area contributed by atoms with Crippen LogP contribution in [0.2, 0.25) is 0 Å². The highest BCUT2D eigenvalue weighted by Gasteiger charge is 2.17. The lowest BCUT2D eigenvalue weighted by Gasteiger charge is -2.11. The molecule has 0 bridgehead atoms. The second-order valence-electron chi connectivity index (χ2n) is 3.76. The standard InChI is InChI=1S/C12H15NO3/c1-2-12(14)11-4-3-9(7-13-11)16-10-5-6-15-8-10/h3-4,7,10H,2,5-6,8H2,1H3. The summed E-state index contributed by atoms with van der Waals surface area (Å²) in [6.07, 6.45) is 3.11. The maximum Gasteiger partial charge on any atom is 0.180 e. The predicted octanol–water partition coefficient (Wildman–Crippen LogP) is 1.84. The van der Waals surface area contributed by atoms with Crippen LogP contribution in [0.4, 0.5) is 0 Å². The first-order valence-electron chi connectivity index (χ1n) is 5.53. The Kier molecular flexibility index (Phi) is 3.51. The molecule has 16 heavy (non-hydrogen) atoms. The molecule has 1 aromatic rings. The van der Waals surface area contributed by atoms with Crippen LogP contribution in [0, 0.1) is 0 Å². The maximum absolute atomic E-state index is 11.3. The Bertz CT molecular complexity index is 355. The molecule has 1 fully saturated rings. The summed E-state index contributed by atoms with van der Waals surface area (Å²) in [5, 5.41) is 0. The van der Waals surface area contributed by atoms with Crippen molar-refractivity contribution >= 4 is 5.78 Å². The Hall–Kier alpha value is -1.42. The van der Waals surface area contributed by atoms with E-state index in [1.165, 1.54) is 0 Å². The van der Waals surface area contributed by atoms with Gasteiger partial charge in [0.15, 0.2) is 5.78 Å². The Morgan fingerprint density at radius 3 is 3.06 bits per heavy atom. The van der Waals surface area contributed by atoms with Crippen LogP contribution in [-0.4, -0.2) is 30.1 Å². The molecule has 2 rings (SSSR count). The lowest BCUT2D eigenvalue weighted by molar-refractivity contribution is 0.0983. The molecule has 1 saturated heterocycles. The fourth-order valence-electron chi connectivity index (χ4n) is 1.59. The van der Waals surface area contributed by atoms with Gasteiger partial charge in [0.05, 0.1) is 19.4 Å². The highest BCUT2D eigenvalue weighted by atomic mass is 16.5. The van der Waals surface area contributed by atoms with Crippen molar-refractivity contribution in [2.75, 3.05) is 13.2 Å². The van der Waals surface area contributed by atoms with Crippen LogP contribution in [0.25, 0.3) is 0 Å². The minimum atomic E-state index is 0.0516. The Morgan fingerprint density at radius 2 is 2.50 bits per heavy atom. The summed E-state index contributed by atoms with van der Waals surface area (Å²) in [5.41, 5.74) is 0.498. The van der Waals surface area contributed by atoms with Gasteiger partial charge in [-0.05, 0) is 12.1 Å². The van der Waals surface area contributed by atoms with E-state index in [1.807, 2.05) is 6.92 Å². The highest BCUT2D eigenvalue weighted by Crippen LogP contribution is 2.16. The third kappa shape index (κ3) is 2.58. The highest BCUT2D eigenvalue weighted by molar-refractivity contribution is 5.93. The van der Waals surface area contributed by atoms with Gasteiger partial charge in [-0.3, -0.25) is 4.79 Å². The van der Waals surface area contributed by atoms with Crippen molar-refractivity contribution in [2.24, 2.45) is 0 Å². The van der Waals surface area contributed by atoms with E-state index >= 15 is 0 Å². The third-order valence-electron chi connectivity index (χ3n) is 2.53. The van der Waals surface area contributed by atoms with E-state index in [0.29, 0.717) is 24.5 Å². The van der Waals surface area contributed by atoms with Gasteiger partial charge >= 0.3 is 0 Å². The number of carbonyl (C=O) groups is 1. The molecule has 0 spiro atoms. The Labute approximate surface area is 94.6 Å². The quantitative estimate of drug-likeness (QED) is 0.728. The number of aromatic nitrogens is 1. The van der Waals surface area contributed by atoms with Crippen molar-refractivity contribution in [3.63, 3.8) is 0 Å². The molecule has 2 heterocycles. The summed E-state index contributed by atoms with van der Waals surface area (Å²) in [4.78, 5) is 15.4. The molecule has 4 heteroatoms. The van der Waals surface area contributed by atoms with Gasteiger partial charge < -0.3 is 9.47 Å². The number of hydrogen-bond acceptors (Lipinski definition) is 4. The van der Waals surface area contributed by atoms with Gasteiger partial charge in [0.2, 0.25) is 0 Å². The lowest BCUT2D eigenvalue weighted by Crippen LogP contribution is -2.15. The molecule has 0 aromatic carbocycles. The zero-order chi connectivity index (χ0) is 11.4. The van der Waals surface area contributed by atoms with Crippen LogP contribution in [0.1, 0.15) is 30.3 Å². The maximum atomic E-state index is 11.3. The zero-order valence-electron chi connectivity index (χ0n) is 9.31. The van der Waals surface area contributed by atoms with Crippen molar-refractivity contribution in [1.29, 1.82) is 0 Å². The monoisotopic (exact) mass is 221 g/mol. The van der Waals surface area contributed by atoms with Crippen molar-refractivity contribution in [2.45, 2.75) is 25.9 Å². The third-order valence-corrected chi connectivity index (χ3v) is 2.53. The van der Waals surface area contributed by atoms with Crippen LogP contribution in [-0.2, 0) is 4.74 Å². The van der Waals surface area contributed by atoms with Gasteiger partial charge in [0.25, 0.3) is 0 Å². The van der Waals surface area contributed by atoms with Gasteiger partial charge in [-0.15, -0.1) is 0 Å².